The second-order valence-electron chi connectivity index (χ2n) is 2.75. The van der Waals surface area contributed by atoms with Crippen LogP contribution in [0.5, 0.6) is 0 Å². The molecule has 0 aliphatic rings. The summed E-state index contributed by atoms with van der Waals surface area (Å²) in [6.45, 7) is -1.18. The maximum atomic E-state index is 9.55. The van der Waals surface area contributed by atoms with Gasteiger partial charge in [-0.3, -0.25) is 0 Å². The zero-order chi connectivity index (χ0) is 9.61. The molecule has 1 unspecified atom stereocenters. The van der Waals surface area contributed by atoms with Crippen LogP contribution in [0.1, 0.15) is 12.8 Å². The van der Waals surface area contributed by atoms with Crippen molar-refractivity contribution in [2.24, 2.45) is 0 Å². The number of aliphatic hydroxyl groups excluding tert-OH is 4. The van der Waals surface area contributed by atoms with E-state index in [1.807, 2.05) is 0 Å². The van der Waals surface area contributed by atoms with Gasteiger partial charge in [-0.25, -0.2) is 0 Å². The van der Waals surface area contributed by atoms with Crippen LogP contribution < -0.4 is 0 Å². The molecule has 12 heavy (non-hydrogen) atoms. The Morgan fingerprint density at radius 3 is 1.67 bits per heavy atom. The fourth-order valence-electron chi connectivity index (χ4n) is 1.02. The second kappa shape index (κ2) is 5.45. The average molecular weight is 180 g/mol. The summed E-state index contributed by atoms with van der Waals surface area (Å²) in [5.74, 6) is 0. The molecule has 1 atom stereocenters. The van der Waals surface area contributed by atoms with Crippen LogP contribution in [0.25, 0.3) is 0 Å². The first-order valence-electron chi connectivity index (χ1n) is 3.83. The van der Waals surface area contributed by atoms with Crippen LogP contribution in [0.3, 0.4) is 0 Å². The van der Waals surface area contributed by atoms with Gasteiger partial charge in [0.1, 0.15) is 6.10 Å². The maximum absolute atomic E-state index is 9.55. The summed E-state index contributed by atoms with van der Waals surface area (Å²) in [6.07, 6.45) is -1.44. The zero-order valence-electron chi connectivity index (χ0n) is 6.85. The minimum atomic E-state index is -1.59. The summed E-state index contributed by atoms with van der Waals surface area (Å²) in [5.41, 5.74) is -1.59. The van der Waals surface area contributed by atoms with Gasteiger partial charge in [-0.15, -0.1) is 0 Å². The predicted octanol–water partition coefficient (Wildman–Crippen LogP) is -2.16. The van der Waals surface area contributed by atoms with Crippen molar-refractivity contribution < 1.29 is 25.5 Å². The summed E-state index contributed by atoms with van der Waals surface area (Å²) in [5, 5.41) is 44.3. The van der Waals surface area contributed by atoms with Gasteiger partial charge in [0.2, 0.25) is 0 Å². The molecule has 0 aromatic rings. The molecule has 0 radical (unpaired) electrons. The highest BCUT2D eigenvalue weighted by atomic mass is 16.4. The smallest absolute Gasteiger partial charge is 0.106 e. The minimum Gasteiger partial charge on any atom is -0.396 e. The number of aliphatic hydroxyl groups is 5. The summed E-state index contributed by atoms with van der Waals surface area (Å²) >= 11 is 0. The average Bonchev–Trinajstić information content (AvgIpc) is 2.04. The molecule has 0 aliphatic heterocycles. The molecule has 0 bridgehead atoms. The van der Waals surface area contributed by atoms with E-state index in [1.54, 1.807) is 0 Å². The number of hydrogen-bond donors (Lipinski definition) is 5. The standard InChI is InChI=1S/C7H16O5/c8-3-1-7(12,2-4-9)6(11)5-10/h6,8-12H,1-5H2. The van der Waals surface area contributed by atoms with Crippen molar-refractivity contribution in [1.29, 1.82) is 0 Å². The second-order valence-corrected chi connectivity index (χ2v) is 2.75. The van der Waals surface area contributed by atoms with Crippen molar-refractivity contribution in [3.63, 3.8) is 0 Å². The van der Waals surface area contributed by atoms with Gasteiger partial charge < -0.3 is 25.5 Å². The zero-order valence-corrected chi connectivity index (χ0v) is 6.85. The van der Waals surface area contributed by atoms with Crippen LogP contribution in [0, 0.1) is 0 Å². The first-order chi connectivity index (χ1) is 5.60. The van der Waals surface area contributed by atoms with E-state index < -0.39 is 18.3 Å². The summed E-state index contributed by atoms with van der Waals surface area (Å²) in [4.78, 5) is 0. The molecule has 0 heterocycles. The van der Waals surface area contributed by atoms with Crippen LogP contribution in [0.15, 0.2) is 0 Å². The molecule has 0 aliphatic carbocycles. The van der Waals surface area contributed by atoms with Crippen LogP contribution in [0.4, 0.5) is 0 Å². The summed E-state index contributed by atoms with van der Waals surface area (Å²) in [6, 6.07) is 0. The normalized spacial score (nSPS) is 14.8. The molecule has 0 aromatic carbocycles. The molecule has 5 nitrogen and oxygen atoms in total. The van der Waals surface area contributed by atoms with E-state index in [0.717, 1.165) is 0 Å². The van der Waals surface area contributed by atoms with E-state index in [0.29, 0.717) is 0 Å². The lowest BCUT2D eigenvalue weighted by atomic mass is 9.90. The summed E-state index contributed by atoms with van der Waals surface area (Å²) in [7, 11) is 0. The molecule has 0 aromatic heterocycles. The SMILES string of the molecule is OCCC(O)(CCO)C(O)CO. The molecule has 0 fully saturated rings. The summed E-state index contributed by atoms with van der Waals surface area (Å²) < 4.78 is 0. The van der Waals surface area contributed by atoms with Gasteiger partial charge in [0.25, 0.3) is 0 Å². The molecule has 0 saturated carbocycles. The van der Waals surface area contributed by atoms with Gasteiger partial charge in [-0.1, -0.05) is 0 Å². The van der Waals surface area contributed by atoms with Gasteiger partial charge >= 0.3 is 0 Å². The Morgan fingerprint density at radius 1 is 1.00 bits per heavy atom. The van der Waals surface area contributed by atoms with Gasteiger partial charge in [-0.05, 0) is 0 Å². The van der Waals surface area contributed by atoms with E-state index in [2.05, 4.69) is 0 Å². The van der Waals surface area contributed by atoms with E-state index in [1.165, 1.54) is 0 Å². The molecule has 0 saturated heterocycles. The number of rotatable bonds is 6. The van der Waals surface area contributed by atoms with Crippen LogP contribution in [-0.2, 0) is 0 Å². The third kappa shape index (κ3) is 3.04. The van der Waals surface area contributed by atoms with E-state index >= 15 is 0 Å². The third-order valence-corrected chi connectivity index (χ3v) is 1.88. The minimum absolute atomic E-state index is 0.0602. The lowest BCUT2D eigenvalue weighted by Gasteiger charge is -2.30. The third-order valence-electron chi connectivity index (χ3n) is 1.88. The quantitative estimate of drug-likeness (QED) is 0.320. The Hall–Kier alpha value is -0.200. The van der Waals surface area contributed by atoms with Gasteiger partial charge in [0.05, 0.1) is 12.2 Å². The van der Waals surface area contributed by atoms with Gasteiger partial charge in [0, 0.05) is 26.1 Å². The van der Waals surface area contributed by atoms with E-state index in [4.69, 9.17) is 20.4 Å². The predicted molar refractivity (Wildman–Crippen MR) is 41.4 cm³/mol. The highest BCUT2D eigenvalue weighted by Crippen LogP contribution is 2.19. The molecular formula is C7H16O5. The molecule has 5 heteroatoms. The lowest BCUT2D eigenvalue weighted by Crippen LogP contribution is -2.46. The van der Waals surface area contributed by atoms with Crippen molar-refractivity contribution in [2.45, 2.75) is 24.5 Å². The van der Waals surface area contributed by atoms with Crippen molar-refractivity contribution >= 4 is 0 Å². The monoisotopic (exact) mass is 180 g/mol. The van der Waals surface area contributed by atoms with Crippen molar-refractivity contribution in [3.8, 4) is 0 Å². The molecule has 74 valence electrons. The van der Waals surface area contributed by atoms with Crippen LogP contribution in [-0.4, -0.2) is 57.1 Å². The maximum Gasteiger partial charge on any atom is 0.106 e. The van der Waals surface area contributed by atoms with Crippen LogP contribution >= 0.6 is 0 Å². The van der Waals surface area contributed by atoms with Crippen molar-refractivity contribution in [3.05, 3.63) is 0 Å². The van der Waals surface area contributed by atoms with Gasteiger partial charge in [0.15, 0.2) is 0 Å². The lowest BCUT2D eigenvalue weighted by molar-refractivity contribution is -0.115. The molecule has 0 amide bonds. The Kier molecular flexibility index (Phi) is 5.36. The highest BCUT2D eigenvalue weighted by Gasteiger charge is 2.33. The Bertz CT molecular complexity index is 110. The largest absolute Gasteiger partial charge is 0.396 e. The molecular weight excluding hydrogens is 164 g/mol. The molecule has 5 N–H and O–H groups in total. The highest BCUT2D eigenvalue weighted by molar-refractivity contribution is 4.85. The van der Waals surface area contributed by atoms with Crippen molar-refractivity contribution in [2.75, 3.05) is 19.8 Å². The molecule has 0 rings (SSSR count). The number of hydrogen-bond acceptors (Lipinski definition) is 5. The van der Waals surface area contributed by atoms with E-state index in [-0.39, 0.29) is 26.1 Å². The Balaban J connectivity index is 4.15. The first-order valence-corrected chi connectivity index (χ1v) is 3.83. The van der Waals surface area contributed by atoms with Crippen LogP contribution in [0.2, 0.25) is 0 Å². The van der Waals surface area contributed by atoms with E-state index in [9.17, 15) is 5.11 Å². The fourth-order valence-corrected chi connectivity index (χ4v) is 1.02. The molecule has 0 spiro atoms. The Morgan fingerprint density at radius 2 is 1.42 bits per heavy atom. The van der Waals surface area contributed by atoms with Gasteiger partial charge in [-0.2, -0.15) is 0 Å². The first kappa shape index (κ1) is 11.8. The Labute approximate surface area is 70.9 Å². The van der Waals surface area contributed by atoms with Crippen molar-refractivity contribution in [1.82, 2.24) is 0 Å². The fraction of sp³-hybridized carbons (Fsp3) is 1.00. The topological polar surface area (TPSA) is 101 Å².